The lowest BCUT2D eigenvalue weighted by Crippen LogP contribution is -2.55. The van der Waals surface area contributed by atoms with Crippen LogP contribution in [0.15, 0.2) is 47.5 Å². The van der Waals surface area contributed by atoms with E-state index in [0.29, 0.717) is 53.3 Å². The second-order valence-corrected chi connectivity index (χ2v) is 16.6. The molecule has 1 aliphatic carbocycles. The second-order valence-electron chi connectivity index (χ2n) is 13.6. The molecule has 0 aromatic heterocycles. The zero-order chi connectivity index (χ0) is 33.4. The summed E-state index contributed by atoms with van der Waals surface area (Å²) in [4.78, 5) is 45.0. The Hall–Kier alpha value is -2.99. The lowest BCUT2D eigenvalue weighted by Gasteiger charge is -2.46. The summed E-state index contributed by atoms with van der Waals surface area (Å²) in [6, 6.07) is 11.5. The van der Waals surface area contributed by atoms with E-state index in [2.05, 4.69) is 26.1 Å². The number of nitrogens with one attached hydrogen (secondary N) is 1. The van der Waals surface area contributed by atoms with E-state index in [1.165, 1.54) is 0 Å². The van der Waals surface area contributed by atoms with E-state index in [-0.39, 0.29) is 54.2 Å². The first-order chi connectivity index (χ1) is 21.6. The predicted molar refractivity (Wildman–Crippen MR) is 178 cm³/mol. The van der Waals surface area contributed by atoms with Gasteiger partial charge in [-0.1, -0.05) is 56.1 Å². The summed E-state index contributed by atoms with van der Waals surface area (Å²) in [5.41, 5.74) is 0.873. The Labute approximate surface area is 280 Å². The van der Waals surface area contributed by atoms with Gasteiger partial charge in [-0.2, -0.15) is 0 Å². The van der Waals surface area contributed by atoms with Gasteiger partial charge in [0.15, 0.2) is 0 Å². The van der Waals surface area contributed by atoms with E-state index in [1.807, 2.05) is 17.0 Å². The third kappa shape index (κ3) is 7.59. The highest BCUT2D eigenvalue weighted by Gasteiger charge is 2.54. The number of aliphatic carboxylic acids is 1. The molecule has 0 bridgehead atoms. The first-order valence-electron chi connectivity index (χ1n) is 15.6. The molecule has 2 aromatic rings. The van der Waals surface area contributed by atoms with E-state index < -0.39 is 27.7 Å². The molecule has 46 heavy (non-hydrogen) atoms. The second kappa shape index (κ2) is 13.3. The maximum absolute atomic E-state index is 14.6. The monoisotopic (exact) mass is 690 g/mol. The van der Waals surface area contributed by atoms with Crippen LogP contribution in [0.2, 0.25) is 10.0 Å². The van der Waals surface area contributed by atoms with Crippen LogP contribution in [0, 0.1) is 5.41 Å². The molecule has 1 saturated heterocycles. The van der Waals surface area contributed by atoms with Crippen LogP contribution in [-0.2, 0) is 19.6 Å². The quantitative estimate of drug-likeness (QED) is 0.311. The molecule has 2 amide bonds. The van der Waals surface area contributed by atoms with Crippen LogP contribution < -0.4 is 5.32 Å². The van der Waals surface area contributed by atoms with Crippen LogP contribution in [0.1, 0.15) is 93.2 Å². The number of benzene rings is 2. The van der Waals surface area contributed by atoms with Crippen molar-refractivity contribution in [2.45, 2.75) is 82.7 Å². The van der Waals surface area contributed by atoms with Crippen molar-refractivity contribution < 1.29 is 27.9 Å². The van der Waals surface area contributed by atoms with Crippen LogP contribution in [0.4, 0.5) is 0 Å². The Morgan fingerprint density at radius 2 is 1.67 bits per heavy atom. The molecule has 2 aromatic carbocycles. The van der Waals surface area contributed by atoms with E-state index in [4.69, 9.17) is 33.3 Å². The molecule has 2 aliphatic heterocycles. The number of hydrogen-bond donors (Lipinski definition) is 2. The van der Waals surface area contributed by atoms with Crippen LogP contribution in [-0.4, -0.2) is 76.8 Å². The number of nitrogens with zero attached hydrogens (tertiary/aromatic N) is 3. The van der Waals surface area contributed by atoms with Crippen LogP contribution in [0.25, 0.3) is 0 Å². The Morgan fingerprint density at radius 3 is 2.22 bits per heavy atom. The topological polar surface area (TPSA) is 136 Å². The van der Waals surface area contributed by atoms with Gasteiger partial charge >= 0.3 is 5.97 Å². The smallest absolute Gasteiger partial charge is 0.305 e. The number of carboxylic acid groups (broad SMARTS) is 1. The number of piperidine rings is 1. The summed E-state index contributed by atoms with van der Waals surface area (Å²) in [5, 5.41) is 11.9. The molecule has 1 saturated carbocycles. The molecular formula is C33H40Cl2N4O6S. The molecule has 2 N–H and O–H groups in total. The van der Waals surface area contributed by atoms with Gasteiger partial charge in [-0.15, -0.1) is 0 Å². The Balaban J connectivity index is 1.52. The largest absolute Gasteiger partial charge is 0.481 e. The molecule has 2 fully saturated rings. The third-order valence-electron chi connectivity index (χ3n) is 8.82. The lowest BCUT2D eigenvalue weighted by atomic mass is 9.85. The van der Waals surface area contributed by atoms with Crippen molar-refractivity contribution in [2.24, 2.45) is 10.4 Å². The fourth-order valence-electron chi connectivity index (χ4n) is 6.21. The first kappa shape index (κ1) is 34.3. The predicted octanol–water partition coefficient (Wildman–Crippen LogP) is 5.68. The minimum Gasteiger partial charge on any atom is -0.481 e. The number of carbonyl (C=O) groups is 3. The van der Waals surface area contributed by atoms with Crippen LogP contribution >= 0.6 is 23.2 Å². The number of aliphatic imine (C=N–C) groups is 1. The van der Waals surface area contributed by atoms with Crippen molar-refractivity contribution in [3.8, 4) is 0 Å². The van der Waals surface area contributed by atoms with Crippen molar-refractivity contribution >= 4 is 56.7 Å². The third-order valence-corrected chi connectivity index (χ3v) is 11.7. The zero-order valence-electron chi connectivity index (χ0n) is 26.3. The number of sulfonamides is 1. The van der Waals surface area contributed by atoms with Gasteiger partial charge in [-0.05, 0) is 67.0 Å². The van der Waals surface area contributed by atoms with Crippen LogP contribution in [0.3, 0.4) is 0 Å². The molecule has 0 unspecified atom stereocenters. The van der Waals surface area contributed by atoms with Crippen molar-refractivity contribution in [1.82, 2.24) is 14.5 Å². The Kier molecular flexibility index (Phi) is 9.90. The van der Waals surface area contributed by atoms with Crippen molar-refractivity contribution in [3.63, 3.8) is 0 Å². The maximum atomic E-state index is 14.6. The normalized spacial score (nSPS) is 19.3. The van der Waals surface area contributed by atoms with Gasteiger partial charge in [-0.3, -0.25) is 19.4 Å². The van der Waals surface area contributed by atoms with Crippen LogP contribution in [0.5, 0.6) is 0 Å². The molecular weight excluding hydrogens is 651 g/mol. The molecule has 2 heterocycles. The van der Waals surface area contributed by atoms with Crippen molar-refractivity contribution in [2.75, 3.05) is 19.6 Å². The summed E-state index contributed by atoms with van der Waals surface area (Å²) in [7, 11) is -3.39. The molecule has 248 valence electrons. The highest BCUT2D eigenvalue weighted by molar-refractivity contribution is 7.90. The number of rotatable bonds is 11. The summed E-state index contributed by atoms with van der Waals surface area (Å²) in [6.07, 6.45) is 3.21. The highest BCUT2D eigenvalue weighted by Crippen LogP contribution is 2.46. The highest BCUT2D eigenvalue weighted by atomic mass is 35.5. The van der Waals surface area contributed by atoms with E-state index in [9.17, 15) is 22.8 Å². The standard InChI is InChI=1S/C33H40Cl2N4O6S/c1-32(2,3)12-10-27(21-4-6-22(7-5-21)30(42)36-15-11-28(40)41)39-31(43)29(23-18-24(34)20-25(35)19-23)37-33(39)13-16-38(17-14-33)46(44,45)26-8-9-26/h4-7,18-20,26-27H,8-17H2,1-3H3,(H,36,42)(H,40,41)/t27-/m1/s1. The van der Waals surface area contributed by atoms with Crippen molar-refractivity contribution in [3.05, 3.63) is 69.2 Å². The average Bonchev–Trinajstić information content (AvgIpc) is 3.80. The van der Waals surface area contributed by atoms with Gasteiger partial charge in [0.25, 0.3) is 11.8 Å². The number of hydrogen-bond acceptors (Lipinski definition) is 6. The van der Waals surface area contributed by atoms with Gasteiger partial charge in [0.2, 0.25) is 10.0 Å². The maximum Gasteiger partial charge on any atom is 0.305 e. The zero-order valence-corrected chi connectivity index (χ0v) is 28.6. The number of halogens is 2. The summed E-state index contributed by atoms with van der Waals surface area (Å²) < 4.78 is 27.8. The van der Waals surface area contributed by atoms with E-state index in [0.717, 1.165) is 12.0 Å². The summed E-state index contributed by atoms with van der Waals surface area (Å²) in [6.45, 7) is 6.90. The Morgan fingerprint density at radius 1 is 1.07 bits per heavy atom. The Bertz CT molecular complexity index is 1620. The summed E-state index contributed by atoms with van der Waals surface area (Å²) >= 11 is 12.7. The summed E-state index contributed by atoms with van der Waals surface area (Å²) in [5.74, 6) is -1.68. The van der Waals surface area contributed by atoms with E-state index in [1.54, 1.807) is 34.6 Å². The van der Waals surface area contributed by atoms with Gasteiger partial charge < -0.3 is 15.3 Å². The molecule has 1 spiro atoms. The lowest BCUT2D eigenvalue weighted by molar-refractivity contribution is -0.137. The molecule has 0 radical (unpaired) electrons. The van der Waals surface area contributed by atoms with E-state index >= 15 is 0 Å². The van der Waals surface area contributed by atoms with Gasteiger partial charge in [0, 0.05) is 53.6 Å². The fraction of sp³-hybridized carbons (Fsp3) is 0.515. The minimum atomic E-state index is -3.39. The number of carbonyl (C=O) groups excluding carboxylic acids is 2. The van der Waals surface area contributed by atoms with Gasteiger partial charge in [0.1, 0.15) is 11.4 Å². The molecule has 10 nitrogen and oxygen atoms in total. The number of carboxylic acids is 1. The molecule has 1 atom stereocenters. The number of amides is 2. The minimum absolute atomic E-state index is 0.00996. The SMILES string of the molecule is CC(C)(C)CC[C@H](c1ccc(C(=O)NCCC(=O)O)cc1)N1C(=O)C(c2cc(Cl)cc(Cl)c2)=NC12CCN(S(=O)(=O)C1CC1)CC2. The van der Waals surface area contributed by atoms with Gasteiger partial charge in [-0.25, -0.2) is 12.7 Å². The first-order valence-corrected chi connectivity index (χ1v) is 17.8. The van der Waals surface area contributed by atoms with Gasteiger partial charge in [0.05, 0.1) is 17.7 Å². The molecule has 3 aliphatic rings. The van der Waals surface area contributed by atoms with Crippen molar-refractivity contribution in [1.29, 1.82) is 0 Å². The fourth-order valence-corrected chi connectivity index (χ4v) is 8.58. The average molecular weight is 692 g/mol. The molecule has 5 rings (SSSR count). The molecule has 13 heteroatoms.